The molecule has 0 atom stereocenters. The second kappa shape index (κ2) is 8.62. The number of hydrogen-bond acceptors (Lipinski definition) is 6. The normalized spacial score (nSPS) is 14.0. The van der Waals surface area contributed by atoms with Crippen molar-refractivity contribution < 1.29 is 23.9 Å². The summed E-state index contributed by atoms with van der Waals surface area (Å²) in [7, 11) is 1.55. The molecule has 29 heavy (non-hydrogen) atoms. The highest BCUT2D eigenvalue weighted by Crippen LogP contribution is 2.31. The summed E-state index contributed by atoms with van der Waals surface area (Å²) in [5.74, 6) is -2.27. The lowest BCUT2D eigenvalue weighted by atomic mass is 10.2. The second-order valence-corrected chi connectivity index (χ2v) is 7.97. The quantitative estimate of drug-likeness (QED) is 0.493. The number of carbonyl (C=O) groups is 4. The molecule has 8 nitrogen and oxygen atoms in total. The van der Waals surface area contributed by atoms with Crippen LogP contribution >= 0.6 is 22.9 Å². The first-order chi connectivity index (χ1) is 13.8. The zero-order valence-corrected chi connectivity index (χ0v) is 17.3. The SMILES string of the molecule is CCOc1ccccc1N1C(=O)C(=O)N(CC(=O)N(C)Cc2ccc(Cl)s2)C1=O. The number of amides is 5. The van der Waals surface area contributed by atoms with Gasteiger partial charge in [0.15, 0.2) is 0 Å². The number of likely N-dealkylation sites (N-methyl/N-ethyl adjacent to an activating group) is 1. The number of hydrogen-bond donors (Lipinski definition) is 0. The first kappa shape index (κ1) is 20.8. The monoisotopic (exact) mass is 435 g/mol. The van der Waals surface area contributed by atoms with E-state index in [0.29, 0.717) is 21.6 Å². The number of imide groups is 2. The van der Waals surface area contributed by atoms with Gasteiger partial charge in [-0.05, 0) is 31.2 Å². The molecule has 1 aliphatic rings. The maximum Gasteiger partial charge on any atom is 0.339 e. The predicted octanol–water partition coefficient (Wildman–Crippen LogP) is 2.75. The first-order valence-corrected chi connectivity index (χ1v) is 9.92. The van der Waals surface area contributed by atoms with Crippen LogP contribution in [0.3, 0.4) is 0 Å². The molecular weight excluding hydrogens is 418 g/mol. The van der Waals surface area contributed by atoms with E-state index < -0.39 is 30.3 Å². The average Bonchev–Trinajstić information content (AvgIpc) is 3.19. The molecule has 5 amide bonds. The molecule has 0 unspecified atom stereocenters. The van der Waals surface area contributed by atoms with Gasteiger partial charge in [-0.15, -0.1) is 11.3 Å². The van der Waals surface area contributed by atoms with E-state index in [0.717, 1.165) is 9.78 Å². The van der Waals surface area contributed by atoms with E-state index in [4.69, 9.17) is 16.3 Å². The highest BCUT2D eigenvalue weighted by atomic mass is 35.5. The molecule has 2 heterocycles. The predicted molar refractivity (Wildman–Crippen MR) is 108 cm³/mol. The number of anilines is 1. The van der Waals surface area contributed by atoms with Crippen LogP contribution in [0, 0.1) is 0 Å². The highest BCUT2D eigenvalue weighted by molar-refractivity contribution is 7.16. The summed E-state index contributed by atoms with van der Waals surface area (Å²) in [5.41, 5.74) is 0.161. The summed E-state index contributed by atoms with van der Waals surface area (Å²) >= 11 is 7.22. The van der Waals surface area contributed by atoms with Crippen LogP contribution in [0.1, 0.15) is 11.8 Å². The molecule has 3 rings (SSSR count). The van der Waals surface area contributed by atoms with Crippen molar-refractivity contribution in [3.8, 4) is 5.75 Å². The van der Waals surface area contributed by atoms with E-state index in [-0.39, 0.29) is 12.2 Å². The van der Waals surface area contributed by atoms with Gasteiger partial charge in [-0.1, -0.05) is 23.7 Å². The van der Waals surface area contributed by atoms with Crippen LogP contribution in [0.2, 0.25) is 4.34 Å². The van der Waals surface area contributed by atoms with Crippen molar-refractivity contribution in [2.45, 2.75) is 13.5 Å². The maximum atomic E-state index is 12.8. The average molecular weight is 436 g/mol. The van der Waals surface area contributed by atoms with Gasteiger partial charge in [-0.25, -0.2) is 14.6 Å². The summed E-state index contributed by atoms with van der Waals surface area (Å²) in [5, 5.41) is 0. The van der Waals surface area contributed by atoms with Gasteiger partial charge in [0.1, 0.15) is 12.3 Å². The van der Waals surface area contributed by atoms with Gasteiger partial charge in [0, 0.05) is 11.9 Å². The minimum absolute atomic E-state index is 0.161. The van der Waals surface area contributed by atoms with Gasteiger partial charge in [0.2, 0.25) is 5.91 Å². The molecule has 1 aromatic carbocycles. The van der Waals surface area contributed by atoms with Crippen LogP contribution < -0.4 is 9.64 Å². The third-order valence-electron chi connectivity index (χ3n) is 4.20. The van der Waals surface area contributed by atoms with Crippen molar-refractivity contribution in [2.75, 3.05) is 25.1 Å². The van der Waals surface area contributed by atoms with E-state index in [2.05, 4.69) is 0 Å². The minimum Gasteiger partial charge on any atom is -0.492 e. The smallest absolute Gasteiger partial charge is 0.339 e. The van der Waals surface area contributed by atoms with Gasteiger partial charge in [-0.2, -0.15) is 0 Å². The number of rotatable bonds is 7. The van der Waals surface area contributed by atoms with Crippen LogP contribution in [-0.4, -0.2) is 53.8 Å². The van der Waals surface area contributed by atoms with Crippen LogP contribution in [0.25, 0.3) is 0 Å². The van der Waals surface area contributed by atoms with E-state index >= 15 is 0 Å². The summed E-state index contributed by atoms with van der Waals surface area (Å²) in [6.07, 6.45) is 0. The molecule has 1 fully saturated rings. The number of halogens is 1. The van der Waals surface area contributed by atoms with Gasteiger partial charge in [-0.3, -0.25) is 14.4 Å². The Morgan fingerprint density at radius 2 is 1.86 bits per heavy atom. The van der Waals surface area contributed by atoms with Crippen molar-refractivity contribution >= 4 is 52.4 Å². The summed E-state index contributed by atoms with van der Waals surface area (Å²) < 4.78 is 6.04. The summed E-state index contributed by atoms with van der Waals surface area (Å²) in [6, 6.07) is 9.04. The van der Waals surface area contributed by atoms with Crippen molar-refractivity contribution in [1.82, 2.24) is 9.80 Å². The Hall–Kier alpha value is -2.91. The van der Waals surface area contributed by atoms with Gasteiger partial charge in [0.05, 0.1) is 23.2 Å². The number of nitrogens with zero attached hydrogens (tertiary/aromatic N) is 3. The van der Waals surface area contributed by atoms with E-state index in [1.165, 1.54) is 22.3 Å². The highest BCUT2D eigenvalue weighted by Gasteiger charge is 2.47. The summed E-state index contributed by atoms with van der Waals surface area (Å²) in [6.45, 7) is 1.82. The largest absolute Gasteiger partial charge is 0.492 e. The Balaban J connectivity index is 1.76. The molecule has 0 spiro atoms. The zero-order chi connectivity index (χ0) is 21.1. The second-order valence-electron chi connectivity index (χ2n) is 6.17. The zero-order valence-electron chi connectivity index (χ0n) is 15.8. The molecule has 0 saturated carbocycles. The fourth-order valence-corrected chi connectivity index (χ4v) is 3.93. The van der Waals surface area contributed by atoms with Crippen LogP contribution in [0.15, 0.2) is 36.4 Å². The van der Waals surface area contributed by atoms with Gasteiger partial charge in [0.25, 0.3) is 0 Å². The lowest BCUT2D eigenvalue weighted by Crippen LogP contribution is -2.42. The third-order valence-corrected chi connectivity index (χ3v) is 5.42. The molecule has 10 heteroatoms. The third kappa shape index (κ3) is 4.25. The van der Waals surface area contributed by atoms with Gasteiger partial charge >= 0.3 is 17.8 Å². The Bertz CT molecular complexity index is 976. The standard InChI is InChI=1S/C19H18ClN3O5S/c1-3-28-14-7-5-4-6-13(14)23-18(26)17(25)22(19(23)27)11-16(24)21(2)10-12-8-9-15(20)29-12/h4-9H,3,10-11H2,1-2H3. The van der Waals surface area contributed by atoms with Crippen molar-refractivity contribution in [2.24, 2.45) is 0 Å². The van der Waals surface area contributed by atoms with Crippen LogP contribution in [0.4, 0.5) is 10.5 Å². The molecule has 0 N–H and O–H groups in total. The Morgan fingerprint density at radius 1 is 1.14 bits per heavy atom. The molecule has 1 aliphatic heterocycles. The number of benzene rings is 1. The fraction of sp³-hybridized carbons (Fsp3) is 0.263. The lowest BCUT2D eigenvalue weighted by Gasteiger charge is -2.20. The van der Waals surface area contributed by atoms with E-state index in [1.54, 1.807) is 44.3 Å². The number of ether oxygens (including phenoxy) is 1. The Labute approximate surface area is 176 Å². The maximum absolute atomic E-state index is 12.8. The number of carbonyl (C=O) groups excluding carboxylic acids is 4. The minimum atomic E-state index is -1.05. The van der Waals surface area contributed by atoms with Crippen LogP contribution in [0.5, 0.6) is 5.75 Å². The number of urea groups is 1. The molecule has 1 saturated heterocycles. The Morgan fingerprint density at radius 3 is 2.52 bits per heavy atom. The number of para-hydroxylation sites is 2. The molecule has 0 radical (unpaired) electrons. The molecule has 2 aromatic rings. The topological polar surface area (TPSA) is 87.2 Å². The van der Waals surface area contributed by atoms with Gasteiger partial charge < -0.3 is 9.64 Å². The number of thiophene rings is 1. The molecule has 0 bridgehead atoms. The first-order valence-electron chi connectivity index (χ1n) is 8.73. The van der Waals surface area contributed by atoms with Crippen molar-refractivity contribution in [3.63, 3.8) is 0 Å². The van der Waals surface area contributed by atoms with E-state index in [9.17, 15) is 19.2 Å². The van der Waals surface area contributed by atoms with Crippen molar-refractivity contribution in [3.05, 3.63) is 45.6 Å². The molecule has 152 valence electrons. The fourth-order valence-electron chi connectivity index (χ4n) is 2.79. The van der Waals surface area contributed by atoms with Crippen LogP contribution in [-0.2, 0) is 20.9 Å². The molecule has 0 aliphatic carbocycles. The lowest BCUT2D eigenvalue weighted by molar-refractivity contribution is -0.142. The summed E-state index contributed by atoms with van der Waals surface area (Å²) in [4.78, 5) is 53.7. The van der Waals surface area contributed by atoms with Crippen molar-refractivity contribution in [1.29, 1.82) is 0 Å². The molecular formula is C19H18ClN3O5S. The van der Waals surface area contributed by atoms with E-state index in [1.807, 2.05) is 0 Å². The molecule has 1 aromatic heterocycles. The Kier molecular flexibility index (Phi) is 6.19.